The number of hydrogen-bond donors (Lipinski definition) is 1. The van der Waals surface area contributed by atoms with E-state index in [9.17, 15) is 13.6 Å². The first-order chi connectivity index (χ1) is 10.9. The number of anilines is 1. The number of carbonyl (C=O) groups is 1. The van der Waals surface area contributed by atoms with E-state index < -0.39 is 11.6 Å². The van der Waals surface area contributed by atoms with Gasteiger partial charge in [0.15, 0.2) is 5.78 Å². The summed E-state index contributed by atoms with van der Waals surface area (Å²) < 4.78 is 33.6. The predicted octanol–water partition coefficient (Wildman–Crippen LogP) is 5.32. The van der Waals surface area contributed by atoms with E-state index in [0.717, 1.165) is 12.1 Å². The molecule has 3 rings (SSSR count). The molecule has 0 radical (unpaired) electrons. The van der Waals surface area contributed by atoms with Crippen LogP contribution in [0.15, 0.2) is 39.2 Å². The Morgan fingerprint density at radius 1 is 1.26 bits per heavy atom. The average molecular weight is 380 g/mol. The van der Waals surface area contributed by atoms with E-state index in [2.05, 4.69) is 15.9 Å². The number of halogens is 3. The van der Waals surface area contributed by atoms with E-state index in [0.29, 0.717) is 21.1 Å². The molecular formula is C17H12BrF2NO2. The first-order valence-corrected chi connectivity index (χ1v) is 7.71. The van der Waals surface area contributed by atoms with Crippen molar-refractivity contribution in [1.29, 1.82) is 0 Å². The Hall–Kier alpha value is -2.21. The maximum Gasteiger partial charge on any atom is 0.167 e. The molecule has 0 aliphatic carbocycles. The molecule has 0 aliphatic heterocycles. The molecule has 0 spiro atoms. The second-order valence-corrected chi connectivity index (χ2v) is 5.93. The molecule has 3 aromatic rings. The molecule has 0 saturated heterocycles. The summed E-state index contributed by atoms with van der Waals surface area (Å²) in [5, 5.41) is 0.539. The van der Waals surface area contributed by atoms with Crippen LogP contribution in [0.3, 0.4) is 0 Å². The lowest BCUT2D eigenvalue weighted by Crippen LogP contribution is -1.99. The van der Waals surface area contributed by atoms with Crippen LogP contribution in [-0.2, 0) is 0 Å². The van der Waals surface area contributed by atoms with Gasteiger partial charge in [-0.25, -0.2) is 8.78 Å². The number of fused-ring (bicyclic) bond motifs is 1. The second-order valence-electron chi connectivity index (χ2n) is 5.08. The number of benzene rings is 2. The minimum atomic E-state index is -0.791. The molecule has 0 fully saturated rings. The number of furan rings is 1. The van der Waals surface area contributed by atoms with Gasteiger partial charge in [-0.3, -0.25) is 4.79 Å². The monoisotopic (exact) mass is 379 g/mol. The third kappa shape index (κ3) is 2.63. The first-order valence-electron chi connectivity index (χ1n) is 6.92. The third-order valence-corrected chi connectivity index (χ3v) is 4.27. The van der Waals surface area contributed by atoms with Crippen molar-refractivity contribution in [2.24, 2.45) is 0 Å². The number of nitrogen functional groups attached to an aromatic ring is 1. The number of nitrogens with two attached hydrogens (primary N) is 1. The lowest BCUT2D eigenvalue weighted by atomic mass is 10.00. The fourth-order valence-electron chi connectivity index (χ4n) is 2.45. The van der Waals surface area contributed by atoms with Gasteiger partial charge in [0.05, 0.1) is 11.1 Å². The van der Waals surface area contributed by atoms with Gasteiger partial charge < -0.3 is 10.2 Å². The SMILES string of the molecule is CCC(=O)c1c(-c2ccc(F)cc2F)oc2cc(N)c(Br)cc12. The number of rotatable bonds is 3. The Bertz CT molecular complexity index is 934. The van der Waals surface area contributed by atoms with Gasteiger partial charge in [-0.05, 0) is 34.1 Å². The molecule has 2 N–H and O–H groups in total. The van der Waals surface area contributed by atoms with Crippen molar-refractivity contribution >= 4 is 38.4 Å². The van der Waals surface area contributed by atoms with Crippen LogP contribution in [0.1, 0.15) is 23.7 Å². The van der Waals surface area contributed by atoms with E-state index in [-0.39, 0.29) is 29.1 Å². The standard InChI is InChI=1S/C17H12BrF2NO2/c1-2-14(22)16-10-6-11(18)13(21)7-15(10)23-17(16)9-4-3-8(19)5-12(9)20/h3-7H,2,21H2,1H3. The van der Waals surface area contributed by atoms with Crippen LogP contribution in [0.5, 0.6) is 0 Å². The summed E-state index contributed by atoms with van der Waals surface area (Å²) >= 11 is 3.31. The van der Waals surface area contributed by atoms with Crippen molar-refractivity contribution in [3.05, 3.63) is 52.0 Å². The molecule has 3 nitrogen and oxygen atoms in total. The molecule has 118 valence electrons. The minimum Gasteiger partial charge on any atom is -0.455 e. The molecule has 23 heavy (non-hydrogen) atoms. The van der Waals surface area contributed by atoms with E-state index >= 15 is 0 Å². The van der Waals surface area contributed by atoms with Crippen LogP contribution in [0, 0.1) is 11.6 Å². The largest absolute Gasteiger partial charge is 0.455 e. The third-order valence-electron chi connectivity index (χ3n) is 3.58. The van der Waals surface area contributed by atoms with Crippen molar-refractivity contribution in [2.45, 2.75) is 13.3 Å². The topological polar surface area (TPSA) is 56.2 Å². The highest BCUT2D eigenvalue weighted by molar-refractivity contribution is 9.10. The van der Waals surface area contributed by atoms with E-state index in [1.165, 1.54) is 6.07 Å². The summed E-state index contributed by atoms with van der Waals surface area (Å²) in [4.78, 5) is 12.4. The van der Waals surface area contributed by atoms with Crippen molar-refractivity contribution in [2.75, 3.05) is 5.73 Å². The van der Waals surface area contributed by atoms with Gasteiger partial charge in [0.1, 0.15) is 23.0 Å². The maximum absolute atomic E-state index is 14.1. The lowest BCUT2D eigenvalue weighted by molar-refractivity contribution is 0.0989. The summed E-state index contributed by atoms with van der Waals surface area (Å²) in [6.45, 7) is 1.71. The smallest absolute Gasteiger partial charge is 0.167 e. The zero-order chi connectivity index (χ0) is 16.7. The van der Waals surface area contributed by atoms with Crippen molar-refractivity contribution in [3.63, 3.8) is 0 Å². The molecule has 0 amide bonds. The zero-order valence-corrected chi connectivity index (χ0v) is 13.7. The van der Waals surface area contributed by atoms with Crippen LogP contribution in [-0.4, -0.2) is 5.78 Å². The normalized spacial score (nSPS) is 11.1. The summed E-state index contributed by atoms with van der Waals surface area (Å²) in [5.74, 6) is -1.60. The summed E-state index contributed by atoms with van der Waals surface area (Å²) in [6, 6.07) is 6.37. The molecule has 0 saturated carbocycles. The van der Waals surface area contributed by atoms with E-state index in [4.69, 9.17) is 10.2 Å². The zero-order valence-electron chi connectivity index (χ0n) is 12.1. The van der Waals surface area contributed by atoms with Gasteiger partial charge in [0.25, 0.3) is 0 Å². The Balaban J connectivity index is 2.37. The summed E-state index contributed by atoms with van der Waals surface area (Å²) in [7, 11) is 0. The van der Waals surface area contributed by atoms with Gasteiger partial charge in [-0.1, -0.05) is 6.92 Å². The van der Waals surface area contributed by atoms with Crippen LogP contribution in [0.2, 0.25) is 0 Å². The van der Waals surface area contributed by atoms with Gasteiger partial charge in [-0.15, -0.1) is 0 Å². The van der Waals surface area contributed by atoms with Crippen LogP contribution < -0.4 is 5.73 Å². The first kappa shape index (κ1) is 15.7. The fraction of sp³-hybridized carbons (Fsp3) is 0.118. The number of carbonyl (C=O) groups excluding carboxylic acids is 1. The predicted molar refractivity (Wildman–Crippen MR) is 88.3 cm³/mol. The summed E-state index contributed by atoms with van der Waals surface area (Å²) in [5.41, 5.74) is 6.95. The molecule has 0 unspecified atom stereocenters. The van der Waals surface area contributed by atoms with Crippen LogP contribution in [0.4, 0.5) is 14.5 Å². The molecule has 0 atom stereocenters. The fourth-order valence-corrected chi connectivity index (χ4v) is 2.79. The molecule has 6 heteroatoms. The summed E-state index contributed by atoms with van der Waals surface area (Å²) in [6.07, 6.45) is 0.229. The highest BCUT2D eigenvalue weighted by atomic mass is 79.9. The van der Waals surface area contributed by atoms with E-state index in [1.807, 2.05) is 0 Å². The Morgan fingerprint density at radius 2 is 2.00 bits per heavy atom. The molecule has 0 aliphatic rings. The maximum atomic E-state index is 14.1. The van der Waals surface area contributed by atoms with Crippen LogP contribution >= 0.6 is 15.9 Å². The van der Waals surface area contributed by atoms with Gasteiger partial charge in [0.2, 0.25) is 0 Å². The molecule has 1 heterocycles. The molecular weight excluding hydrogens is 368 g/mol. The average Bonchev–Trinajstić information content (AvgIpc) is 2.85. The highest BCUT2D eigenvalue weighted by Gasteiger charge is 2.24. The minimum absolute atomic E-state index is 0.0362. The van der Waals surface area contributed by atoms with Gasteiger partial charge >= 0.3 is 0 Å². The quantitative estimate of drug-likeness (QED) is 0.495. The van der Waals surface area contributed by atoms with E-state index in [1.54, 1.807) is 19.1 Å². The number of hydrogen-bond acceptors (Lipinski definition) is 3. The van der Waals surface area contributed by atoms with Crippen molar-refractivity contribution < 1.29 is 18.0 Å². The second kappa shape index (κ2) is 5.77. The van der Waals surface area contributed by atoms with Gasteiger partial charge in [-0.2, -0.15) is 0 Å². The number of Topliss-reactive ketones (excluding diaryl/α,β-unsaturated/α-hetero) is 1. The molecule has 0 bridgehead atoms. The van der Waals surface area contributed by atoms with Crippen LogP contribution in [0.25, 0.3) is 22.3 Å². The van der Waals surface area contributed by atoms with Gasteiger partial charge in [0, 0.05) is 34.1 Å². The highest BCUT2D eigenvalue weighted by Crippen LogP contribution is 2.38. The molecule has 2 aromatic carbocycles. The van der Waals surface area contributed by atoms with Crippen molar-refractivity contribution in [3.8, 4) is 11.3 Å². The molecule has 1 aromatic heterocycles. The Labute approximate surface area is 139 Å². The lowest BCUT2D eigenvalue weighted by Gasteiger charge is -2.03. The van der Waals surface area contributed by atoms with Crippen molar-refractivity contribution in [1.82, 2.24) is 0 Å². The number of ketones is 1. The Kier molecular flexibility index (Phi) is 3.93. The Morgan fingerprint density at radius 3 is 2.65 bits per heavy atom.